The molecule has 20 heavy (non-hydrogen) atoms. The van der Waals surface area contributed by atoms with Crippen LogP contribution in [0.3, 0.4) is 0 Å². The Morgan fingerprint density at radius 3 is 2.55 bits per heavy atom. The molecule has 0 saturated carbocycles. The Labute approximate surface area is 121 Å². The van der Waals surface area contributed by atoms with E-state index in [1.54, 1.807) is 25.1 Å². The molecule has 0 amide bonds. The van der Waals surface area contributed by atoms with Gasteiger partial charge in [-0.1, -0.05) is 22.0 Å². The molecule has 0 aliphatic heterocycles. The van der Waals surface area contributed by atoms with Crippen LogP contribution < -0.4 is 10.5 Å². The van der Waals surface area contributed by atoms with Gasteiger partial charge in [-0.3, -0.25) is 0 Å². The number of nitrogens with two attached hydrogens (primary N) is 1. The number of anilines is 1. The standard InChI is InChI=1S/C13H10BrF3N2O/c1-7-2-3-8(14)4-10(7)20-11-5-12(13(15,16)17)19-6-9(11)18/h2-6H,18H2,1H3. The van der Waals surface area contributed by atoms with E-state index in [4.69, 9.17) is 10.5 Å². The topological polar surface area (TPSA) is 48.1 Å². The van der Waals surface area contributed by atoms with Gasteiger partial charge in [0.25, 0.3) is 0 Å². The number of aryl methyl sites for hydroxylation is 1. The third-order valence-electron chi connectivity index (χ3n) is 2.56. The number of alkyl halides is 3. The second kappa shape index (κ2) is 5.32. The lowest BCUT2D eigenvalue weighted by Gasteiger charge is -2.13. The Kier molecular flexibility index (Phi) is 3.89. The van der Waals surface area contributed by atoms with E-state index in [2.05, 4.69) is 20.9 Å². The lowest BCUT2D eigenvalue weighted by atomic mass is 10.2. The van der Waals surface area contributed by atoms with E-state index < -0.39 is 11.9 Å². The number of nitrogen functional groups attached to an aromatic ring is 1. The predicted octanol–water partition coefficient (Wildman–Crippen LogP) is 4.55. The minimum atomic E-state index is -4.54. The second-order valence-electron chi connectivity index (χ2n) is 4.12. The van der Waals surface area contributed by atoms with Crippen LogP contribution in [-0.2, 0) is 6.18 Å². The first-order chi connectivity index (χ1) is 9.27. The summed E-state index contributed by atoms with van der Waals surface area (Å²) < 4.78 is 44.1. The third-order valence-corrected chi connectivity index (χ3v) is 3.05. The summed E-state index contributed by atoms with van der Waals surface area (Å²) in [7, 11) is 0. The van der Waals surface area contributed by atoms with Crippen LogP contribution in [0.4, 0.5) is 18.9 Å². The number of pyridine rings is 1. The van der Waals surface area contributed by atoms with Gasteiger partial charge >= 0.3 is 6.18 Å². The van der Waals surface area contributed by atoms with Crippen LogP contribution in [0, 0.1) is 6.92 Å². The van der Waals surface area contributed by atoms with Crippen LogP contribution in [0.1, 0.15) is 11.3 Å². The van der Waals surface area contributed by atoms with Gasteiger partial charge in [0, 0.05) is 10.5 Å². The molecule has 0 fully saturated rings. The highest BCUT2D eigenvalue weighted by molar-refractivity contribution is 9.10. The minimum absolute atomic E-state index is 0.0392. The number of aromatic nitrogens is 1. The first-order valence-electron chi connectivity index (χ1n) is 5.54. The smallest absolute Gasteiger partial charge is 0.433 e. The molecule has 3 nitrogen and oxygen atoms in total. The summed E-state index contributed by atoms with van der Waals surface area (Å²) in [6, 6.07) is 6.03. The number of nitrogens with zero attached hydrogens (tertiary/aromatic N) is 1. The molecule has 2 rings (SSSR count). The van der Waals surface area contributed by atoms with Gasteiger partial charge in [0.2, 0.25) is 0 Å². The molecule has 1 aromatic heterocycles. The van der Waals surface area contributed by atoms with Gasteiger partial charge in [0.15, 0.2) is 5.75 Å². The van der Waals surface area contributed by atoms with Crippen molar-refractivity contribution in [2.75, 3.05) is 5.73 Å². The highest BCUT2D eigenvalue weighted by Crippen LogP contribution is 2.35. The lowest BCUT2D eigenvalue weighted by Crippen LogP contribution is -2.08. The molecule has 0 aliphatic rings. The highest BCUT2D eigenvalue weighted by atomic mass is 79.9. The molecule has 0 aliphatic carbocycles. The van der Waals surface area contributed by atoms with Gasteiger partial charge in [-0.2, -0.15) is 13.2 Å². The third kappa shape index (κ3) is 3.22. The Morgan fingerprint density at radius 2 is 1.90 bits per heavy atom. The highest BCUT2D eigenvalue weighted by Gasteiger charge is 2.33. The van der Waals surface area contributed by atoms with E-state index in [0.29, 0.717) is 5.75 Å². The molecule has 0 atom stereocenters. The Balaban J connectivity index is 2.40. The predicted molar refractivity (Wildman–Crippen MR) is 72.6 cm³/mol. The first kappa shape index (κ1) is 14.6. The van der Waals surface area contributed by atoms with E-state index in [0.717, 1.165) is 22.3 Å². The van der Waals surface area contributed by atoms with Crippen LogP contribution in [0.25, 0.3) is 0 Å². The quantitative estimate of drug-likeness (QED) is 0.867. The van der Waals surface area contributed by atoms with Crippen LogP contribution >= 0.6 is 15.9 Å². The molecular formula is C13H10BrF3N2O. The van der Waals surface area contributed by atoms with Crippen LogP contribution in [0.2, 0.25) is 0 Å². The monoisotopic (exact) mass is 346 g/mol. The Morgan fingerprint density at radius 1 is 1.20 bits per heavy atom. The summed E-state index contributed by atoms with van der Waals surface area (Å²) in [5.74, 6) is 0.346. The number of benzene rings is 1. The summed E-state index contributed by atoms with van der Waals surface area (Å²) in [6.07, 6.45) is -3.61. The number of hydrogen-bond donors (Lipinski definition) is 1. The number of rotatable bonds is 2. The van der Waals surface area contributed by atoms with Crippen molar-refractivity contribution in [1.29, 1.82) is 0 Å². The number of halogens is 4. The fraction of sp³-hybridized carbons (Fsp3) is 0.154. The molecule has 0 radical (unpaired) electrons. The van der Waals surface area contributed by atoms with Gasteiger partial charge in [0.1, 0.15) is 11.4 Å². The molecule has 1 aromatic carbocycles. The molecular weight excluding hydrogens is 337 g/mol. The van der Waals surface area contributed by atoms with Crippen molar-refractivity contribution in [3.8, 4) is 11.5 Å². The number of ether oxygens (including phenoxy) is 1. The van der Waals surface area contributed by atoms with Crippen molar-refractivity contribution in [3.63, 3.8) is 0 Å². The summed E-state index contributed by atoms with van der Waals surface area (Å²) in [5, 5.41) is 0. The van der Waals surface area contributed by atoms with E-state index in [1.165, 1.54) is 0 Å². The fourth-order valence-electron chi connectivity index (χ4n) is 1.49. The molecule has 0 saturated heterocycles. The average molecular weight is 347 g/mol. The van der Waals surface area contributed by atoms with Crippen LogP contribution in [-0.4, -0.2) is 4.98 Å². The zero-order chi connectivity index (χ0) is 14.9. The lowest BCUT2D eigenvalue weighted by molar-refractivity contribution is -0.141. The van der Waals surface area contributed by atoms with E-state index >= 15 is 0 Å². The normalized spacial score (nSPS) is 11.4. The van der Waals surface area contributed by atoms with Crippen LogP contribution in [0.5, 0.6) is 11.5 Å². The zero-order valence-electron chi connectivity index (χ0n) is 10.3. The largest absolute Gasteiger partial charge is 0.455 e. The van der Waals surface area contributed by atoms with Crippen molar-refractivity contribution in [2.24, 2.45) is 0 Å². The molecule has 7 heteroatoms. The molecule has 2 aromatic rings. The molecule has 2 N–H and O–H groups in total. The SMILES string of the molecule is Cc1ccc(Br)cc1Oc1cc(C(F)(F)F)ncc1N. The maximum Gasteiger partial charge on any atom is 0.433 e. The number of hydrogen-bond acceptors (Lipinski definition) is 3. The molecule has 0 spiro atoms. The van der Waals surface area contributed by atoms with Gasteiger partial charge < -0.3 is 10.5 Å². The summed E-state index contributed by atoms with van der Waals surface area (Å²) in [6.45, 7) is 1.78. The maximum absolute atomic E-state index is 12.6. The van der Waals surface area contributed by atoms with Crippen molar-refractivity contribution < 1.29 is 17.9 Å². The van der Waals surface area contributed by atoms with E-state index in [1.807, 2.05) is 0 Å². The van der Waals surface area contributed by atoms with E-state index in [-0.39, 0.29) is 11.4 Å². The zero-order valence-corrected chi connectivity index (χ0v) is 11.9. The van der Waals surface area contributed by atoms with Gasteiger partial charge in [-0.25, -0.2) is 4.98 Å². The Hall–Kier alpha value is -1.76. The van der Waals surface area contributed by atoms with Crippen molar-refractivity contribution in [3.05, 3.63) is 46.2 Å². The Bertz CT molecular complexity index is 644. The summed E-state index contributed by atoms with van der Waals surface area (Å²) >= 11 is 3.27. The van der Waals surface area contributed by atoms with Gasteiger partial charge in [-0.05, 0) is 24.6 Å². The van der Waals surface area contributed by atoms with Crippen molar-refractivity contribution in [2.45, 2.75) is 13.1 Å². The molecule has 0 unspecified atom stereocenters. The summed E-state index contributed by atoms with van der Waals surface area (Å²) in [4.78, 5) is 3.25. The average Bonchev–Trinajstić information content (AvgIpc) is 2.35. The van der Waals surface area contributed by atoms with Gasteiger partial charge in [0.05, 0.1) is 11.9 Å². The molecule has 106 valence electrons. The molecule has 1 heterocycles. The minimum Gasteiger partial charge on any atom is -0.455 e. The fourth-order valence-corrected chi connectivity index (χ4v) is 1.83. The first-order valence-corrected chi connectivity index (χ1v) is 6.33. The van der Waals surface area contributed by atoms with Crippen molar-refractivity contribution in [1.82, 2.24) is 4.98 Å². The van der Waals surface area contributed by atoms with Gasteiger partial charge in [-0.15, -0.1) is 0 Å². The van der Waals surface area contributed by atoms with E-state index in [9.17, 15) is 13.2 Å². The van der Waals surface area contributed by atoms with Crippen molar-refractivity contribution >= 4 is 21.6 Å². The summed E-state index contributed by atoms with van der Waals surface area (Å²) in [5.41, 5.74) is 5.37. The molecule has 0 bridgehead atoms. The maximum atomic E-state index is 12.6. The second-order valence-corrected chi connectivity index (χ2v) is 5.03. The van der Waals surface area contributed by atoms with Crippen LogP contribution in [0.15, 0.2) is 34.9 Å².